The Morgan fingerprint density at radius 2 is 1.79 bits per heavy atom. The van der Waals surface area contributed by atoms with Gasteiger partial charge in [-0.15, -0.1) is 10.2 Å². The van der Waals surface area contributed by atoms with Crippen molar-refractivity contribution < 1.29 is 9.21 Å². The quantitative estimate of drug-likeness (QED) is 0.489. The number of fused-ring (bicyclic) bond motifs is 1. The van der Waals surface area contributed by atoms with Crippen molar-refractivity contribution in [3.63, 3.8) is 0 Å². The lowest BCUT2D eigenvalue weighted by Crippen LogP contribution is -2.24. The third-order valence-corrected chi connectivity index (χ3v) is 5.08. The van der Waals surface area contributed by atoms with Crippen molar-refractivity contribution in [2.24, 2.45) is 0 Å². The van der Waals surface area contributed by atoms with Gasteiger partial charge in [0.2, 0.25) is 5.91 Å². The molecule has 8 nitrogen and oxygen atoms in total. The fourth-order valence-corrected chi connectivity index (χ4v) is 3.46. The van der Waals surface area contributed by atoms with Gasteiger partial charge < -0.3 is 9.73 Å². The number of amides is 1. The Kier molecular flexibility index (Phi) is 5.39. The molecule has 2 aromatic heterocycles. The smallest absolute Gasteiger partial charge is 0.277 e. The van der Waals surface area contributed by atoms with Crippen LogP contribution >= 0.6 is 11.8 Å². The number of nitrogens with zero attached hydrogens (tertiary/aromatic N) is 4. The Balaban J connectivity index is 1.76. The SMILES string of the molecule is CNC(=O)CSc1nnc(-c2nn(Cc3ccccc3)c(=O)c3ccccc23)o1. The maximum atomic E-state index is 12.9. The highest BCUT2D eigenvalue weighted by molar-refractivity contribution is 7.99. The minimum atomic E-state index is -0.193. The van der Waals surface area contributed by atoms with Gasteiger partial charge in [0.1, 0.15) is 0 Å². The summed E-state index contributed by atoms with van der Waals surface area (Å²) in [7, 11) is 1.56. The predicted octanol–water partition coefficient (Wildman–Crippen LogP) is 2.33. The zero-order chi connectivity index (χ0) is 20.2. The normalized spacial score (nSPS) is 10.9. The first-order chi connectivity index (χ1) is 14.2. The van der Waals surface area contributed by atoms with E-state index in [1.807, 2.05) is 36.4 Å². The van der Waals surface area contributed by atoms with E-state index in [0.717, 1.165) is 17.3 Å². The second-order valence-corrected chi connectivity index (χ2v) is 7.10. The molecule has 1 N–H and O–H groups in total. The van der Waals surface area contributed by atoms with Crippen molar-refractivity contribution in [1.82, 2.24) is 25.3 Å². The molecule has 1 amide bonds. The molecule has 29 heavy (non-hydrogen) atoms. The van der Waals surface area contributed by atoms with Crippen molar-refractivity contribution in [3.8, 4) is 11.6 Å². The van der Waals surface area contributed by atoms with Crippen LogP contribution in [0.25, 0.3) is 22.4 Å². The minimum absolute atomic E-state index is 0.144. The molecule has 0 saturated carbocycles. The standard InChI is InChI=1S/C20H17N5O3S/c1-21-16(26)12-29-20-23-22-18(28-20)17-14-9-5-6-10-15(14)19(27)25(24-17)11-13-7-3-2-4-8-13/h2-10H,11-12H2,1H3,(H,21,26). The summed E-state index contributed by atoms with van der Waals surface area (Å²) in [5, 5.41) is 16.5. The van der Waals surface area contributed by atoms with Crippen LogP contribution in [0.15, 0.2) is 69.0 Å². The zero-order valence-electron chi connectivity index (χ0n) is 15.5. The highest BCUT2D eigenvalue weighted by atomic mass is 32.2. The van der Waals surface area contributed by atoms with Gasteiger partial charge in [-0.25, -0.2) is 4.68 Å². The topological polar surface area (TPSA) is 103 Å². The molecule has 0 spiro atoms. The summed E-state index contributed by atoms with van der Waals surface area (Å²) in [5.41, 5.74) is 1.19. The number of hydrogen-bond acceptors (Lipinski definition) is 7. The van der Waals surface area contributed by atoms with Gasteiger partial charge in [0.15, 0.2) is 5.69 Å². The molecular weight excluding hydrogens is 390 g/mol. The summed E-state index contributed by atoms with van der Waals surface area (Å²) in [4.78, 5) is 24.3. The lowest BCUT2D eigenvalue weighted by molar-refractivity contribution is -0.118. The van der Waals surface area contributed by atoms with Gasteiger partial charge in [-0.2, -0.15) is 5.10 Å². The summed E-state index contributed by atoms with van der Waals surface area (Å²) in [6.45, 7) is 0.323. The Morgan fingerprint density at radius 3 is 2.55 bits per heavy atom. The molecule has 0 saturated heterocycles. The van der Waals surface area contributed by atoms with Crippen LogP contribution in [-0.2, 0) is 11.3 Å². The van der Waals surface area contributed by atoms with Gasteiger partial charge in [-0.1, -0.05) is 60.3 Å². The molecule has 0 aliphatic carbocycles. The number of aromatic nitrogens is 4. The summed E-state index contributed by atoms with van der Waals surface area (Å²) < 4.78 is 7.10. The van der Waals surface area contributed by atoms with E-state index in [2.05, 4.69) is 20.6 Å². The maximum absolute atomic E-state index is 12.9. The molecule has 0 unspecified atom stereocenters. The molecule has 0 atom stereocenters. The van der Waals surface area contributed by atoms with Crippen LogP contribution in [0.4, 0.5) is 0 Å². The number of thioether (sulfide) groups is 1. The zero-order valence-corrected chi connectivity index (χ0v) is 16.3. The fraction of sp³-hybridized carbons (Fsp3) is 0.150. The van der Waals surface area contributed by atoms with Crippen LogP contribution in [0.5, 0.6) is 0 Å². The van der Waals surface area contributed by atoms with Crippen LogP contribution < -0.4 is 10.9 Å². The van der Waals surface area contributed by atoms with Crippen molar-refractivity contribution in [1.29, 1.82) is 0 Å². The van der Waals surface area contributed by atoms with Crippen LogP contribution in [0.1, 0.15) is 5.56 Å². The maximum Gasteiger partial charge on any atom is 0.277 e. The van der Waals surface area contributed by atoms with E-state index in [1.165, 1.54) is 4.68 Å². The molecule has 9 heteroatoms. The lowest BCUT2D eigenvalue weighted by atomic mass is 10.1. The van der Waals surface area contributed by atoms with E-state index in [4.69, 9.17) is 4.42 Å². The van der Waals surface area contributed by atoms with Crippen LogP contribution in [0.2, 0.25) is 0 Å². The first-order valence-corrected chi connectivity index (χ1v) is 9.85. The van der Waals surface area contributed by atoms with Crippen molar-refractivity contribution >= 4 is 28.4 Å². The third-order valence-electron chi connectivity index (χ3n) is 4.26. The summed E-state index contributed by atoms with van der Waals surface area (Å²) in [5.74, 6) is 0.219. The van der Waals surface area contributed by atoms with Crippen molar-refractivity contribution in [2.45, 2.75) is 11.8 Å². The Bertz CT molecular complexity index is 1220. The summed E-state index contributed by atoms with van der Waals surface area (Å²) in [6.07, 6.45) is 0. The number of nitrogens with one attached hydrogen (secondary N) is 1. The van der Waals surface area contributed by atoms with Gasteiger partial charge in [0.05, 0.1) is 17.7 Å². The molecule has 0 aliphatic rings. The van der Waals surface area contributed by atoms with Gasteiger partial charge in [-0.3, -0.25) is 9.59 Å². The van der Waals surface area contributed by atoms with E-state index < -0.39 is 0 Å². The molecule has 2 aromatic carbocycles. The molecule has 0 bridgehead atoms. The van der Waals surface area contributed by atoms with E-state index in [9.17, 15) is 9.59 Å². The first kappa shape index (κ1) is 18.9. The largest absolute Gasteiger partial charge is 0.409 e. The predicted molar refractivity (Wildman–Crippen MR) is 110 cm³/mol. The average molecular weight is 407 g/mol. The first-order valence-electron chi connectivity index (χ1n) is 8.87. The second-order valence-electron chi connectivity index (χ2n) is 6.18. The number of hydrogen-bond donors (Lipinski definition) is 1. The molecule has 4 rings (SSSR count). The monoisotopic (exact) mass is 407 g/mol. The average Bonchev–Trinajstić information content (AvgIpc) is 3.23. The Labute approximate surface area is 170 Å². The van der Waals surface area contributed by atoms with E-state index in [1.54, 1.807) is 25.2 Å². The summed E-state index contributed by atoms with van der Waals surface area (Å²) in [6, 6.07) is 16.8. The minimum Gasteiger partial charge on any atom is -0.409 e. The molecule has 0 radical (unpaired) electrons. The second kappa shape index (κ2) is 8.27. The lowest BCUT2D eigenvalue weighted by Gasteiger charge is -2.09. The van der Waals surface area contributed by atoms with Gasteiger partial charge in [0, 0.05) is 12.4 Å². The number of benzene rings is 2. The number of carbonyl (C=O) groups excluding carboxylic acids is 1. The molecular formula is C20H17N5O3S. The van der Waals surface area contributed by atoms with Crippen LogP contribution in [0.3, 0.4) is 0 Å². The number of rotatable bonds is 6. The molecule has 146 valence electrons. The summed E-state index contributed by atoms with van der Waals surface area (Å²) >= 11 is 1.14. The van der Waals surface area contributed by atoms with Crippen LogP contribution in [0, 0.1) is 0 Å². The van der Waals surface area contributed by atoms with E-state index >= 15 is 0 Å². The van der Waals surface area contributed by atoms with Gasteiger partial charge >= 0.3 is 0 Å². The third kappa shape index (κ3) is 4.04. The van der Waals surface area contributed by atoms with E-state index in [-0.39, 0.29) is 28.3 Å². The Hall–Kier alpha value is -3.46. The Morgan fingerprint density at radius 1 is 1.07 bits per heavy atom. The van der Waals surface area contributed by atoms with Crippen molar-refractivity contribution in [2.75, 3.05) is 12.8 Å². The molecule has 0 aliphatic heterocycles. The molecule has 2 heterocycles. The number of carbonyl (C=O) groups is 1. The van der Waals surface area contributed by atoms with Gasteiger partial charge in [-0.05, 0) is 11.6 Å². The van der Waals surface area contributed by atoms with Crippen LogP contribution in [-0.4, -0.2) is 38.7 Å². The van der Waals surface area contributed by atoms with Crippen molar-refractivity contribution in [3.05, 3.63) is 70.5 Å². The van der Waals surface area contributed by atoms with E-state index in [0.29, 0.717) is 23.0 Å². The molecule has 0 fully saturated rings. The molecule has 4 aromatic rings. The highest BCUT2D eigenvalue weighted by Gasteiger charge is 2.18. The van der Waals surface area contributed by atoms with Gasteiger partial charge in [0.25, 0.3) is 16.7 Å². The fourth-order valence-electron chi connectivity index (χ4n) is 2.82. The highest BCUT2D eigenvalue weighted by Crippen LogP contribution is 2.26.